The molecule has 3 aromatic rings. The molecule has 0 atom stereocenters. The number of nitrogens with one attached hydrogen (secondary N) is 2. The van der Waals surface area contributed by atoms with Crippen molar-refractivity contribution in [2.24, 2.45) is 0 Å². The number of amides is 1. The minimum atomic E-state index is -0.0660. The van der Waals surface area contributed by atoms with Crippen molar-refractivity contribution in [1.82, 2.24) is 9.97 Å². The number of rotatable bonds is 3. The zero-order valence-electron chi connectivity index (χ0n) is 10.6. The Morgan fingerprint density at radius 2 is 2.20 bits per heavy atom. The van der Waals surface area contributed by atoms with E-state index in [2.05, 4.69) is 31.2 Å². The maximum absolute atomic E-state index is 11.4. The van der Waals surface area contributed by atoms with Crippen molar-refractivity contribution in [3.05, 3.63) is 48.8 Å². The van der Waals surface area contributed by atoms with Crippen molar-refractivity contribution < 1.29 is 4.79 Å². The van der Waals surface area contributed by atoms with E-state index in [4.69, 9.17) is 0 Å². The van der Waals surface area contributed by atoms with Crippen LogP contribution in [0.1, 0.15) is 0 Å². The van der Waals surface area contributed by atoms with Crippen LogP contribution in [0.3, 0.4) is 0 Å². The number of hydrogen-bond donors (Lipinski definition) is 2. The predicted octanol–water partition coefficient (Wildman–Crippen LogP) is 3.56. The molecule has 3 rings (SSSR count). The summed E-state index contributed by atoms with van der Waals surface area (Å²) in [6.07, 6.45) is 3.65. The van der Waals surface area contributed by atoms with E-state index in [9.17, 15) is 4.79 Å². The number of H-pyrrole nitrogens is 1. The van der Waals surface area contributed by atoms with Crippen molar-refractivity contribution in [3.63, 3.8) is 0 Å². The van der Waals surface area contributed by atoms with Gasteiger partial charge in [-0.15, -0.1) is 0 Å². The second-order valence-corrected chi connectivity index (χ2v) is 4.92. The van der Waals surface area contributed by atoms with Gasteiger partial charge >= 0.3 is 0 Å². The minimum Gasteiger partial charge on any atom is -0.346 e. The molecule has 1 amide bonds. The highest BCUT2D eigenvalue weighted by Gasteiger charge is 2.07. The number of benzene rings is 1. The Hall–Kier alpha value is -2.14. The Bertz CT molecular complexity index is 766. The fourth-order valence-corrected chi connectivity index (χ4v) is 2.31. The molecule has 100 valence electrons. The molecule has 0 saturated carbocycles. The molecular weight excluding hydrogens is 318 g/mol. The van der Waals surface area contributed by atoms with Crippen LogP contribution in [0.25, 0.3) is 22.2 Å². The smallest absolute Gasteiger partial charge is 0.235 e. The number of aromatic amines is 1. The van der Waals surface area contributed by atoms with E-state index >= 15 is 0 Å². The number of carbonyl (C=O) groups is 1. The molecule has 4 nitrogen and oxygen atoms in total. The number of anilines is 1. The van der Waals surface area contributed by atoms with Crippen LogP contribution in [-0.2, 0) is 4.79 Å². The van der Waals surface area contributed by atoms with E-state index in [1.807, 2.05) is 42.6 Å². The maximum atomic E-state index is 11.4. The summed E-state index contributed by atoms with van der Waals surface area (Å²) in [5.41, 5.74) is 3.78. The Balaban J connectivity index is 2.04. The molecule has 5 heteroatoms. The highest BCUT2D eigenvalue weighted by molar-refractivity contribution is 9.09. The van der Waals surface area contributed by atoms with Gasteiger partial charge in [0.25, 0.3) is 0 Å². The predicted molar refractivity (Wildman–Crippen MR) is 84.0 cm³/mol. The Morgan fingerprint density at radius 1 is 1.30 bits per heavy atom. The molecule has 0 saturated heterocycles. The first-order valence-electron chi connectivity index (χ1n) is 6.16. The molecule has 0 aliphatic carbocycles. The first kappa shape index (κ1) is 12.9. The van der Waals surface area contributed by atoms with Crippen LogP contribution < -0.4 is 5.32 Å². The normalized spacial score (nSPS) is 10.7. The number of carbonyl (C=O) groups excluding carboxylic acids is 1. The van der Waals surface area contributed by atoms with E-state index in [0.29, 0.717) is 0 Å². The molecule has 0 fully saturated rings. The summed E-state index contributed by atoms with van der Waals surface area (Å²) in [5, 5.41) is 4.19. The van der Waals surface area contributed by atoms with Crippen molar-refractivity contribution in [1.29, 1.82) is 0 Å². The topological polar surface area (TPSA) is 57.8 Å². The molecule has 0 aliphatic rings. The monoisotopic (exact) mass is 329 g/mol. The van der Waals surface area contributed by atoms with Gasteiger partial charge in [0.05, 0.1) is 5.33 Å². The van der Waals surface area contributed by atoms with Crippen molar-refractivity contribution in [3.8, 4) is 11.1 Å². The van der Waals surface area contributed by atoms with Crippen molar-refractivity contribution in [2.45, 2.75) is 0 Å². The second kappa shape index (κ2) is 5.46. The number of nitrogens with zero attached hydrogens (tertiary/aromatic N) is 1. The SMILES string of the molecule is O=C(CBr)Nc1cccc(-c2ccnc3[nH]ccc23)c1. The summed E-state index contributed by atoms with van der Waals surface area (Å²) in [4.78, 5) is 18.8. The average Bonchev–Trinajstić information content (AvgIpc) is 2.95. The van der Waals surface area contributed by atoms with Gasteiger partial charge in [-0.05, 0) is 35.4 Å². The lowest BCUT2D eigenvalue weighted by atomic mass is 10.0. The molecular formula is C15H12BrN3O. The minimum absolute atomic E-state index is 0.0660. The third-order valence-corrected chi connectivity index (χ3v) is 3.55. The van der Waals surface area contributed by atoms with E-state index in [-0.39, 0.29) is 11.2 Å². The number of hydrogen-bond acceptors (Lipinski definition) is 2. The first-order valence-corrected chi connectivity index (χ1v) is 7.28. The summed E-state index contributed by atoms with van der Waals surface area (Å²) in [6.45, 7) is 0. The summed E-state index contributed by atoms with van der Waals surface area (Å²) in [6, 6.07) is 11.8. The van der Waals surface area contributed by atoms with Crippen LogP contribution in [-0.4, -0.2) is 21.2 Å². The highest BCUT2D eigenvalue weighted by atomic mass is 79.9. The fourth-order valence-electron chi connectivity index (χ4n) is 2.17. The average molecular weight is 330 g/mol. The molecule has 2 heterocycles. The van der Waals surface area contributed by atoms with Gasteiger partial charge in [0, 0.05) is 23.5 Å². The van der Waals surface area contributed by atoms with Gasteiger partial charge in [0.2, 0.25) is 5.91 Å². The highest BCUT2D eigenvalue weighted by Crippen LogP contribution is 2.28. The van der Waals surface area contributed by atoms with Crippen LogP contribution in [0, 0.1) is 0 Å². The summed E-state index contributed by atoms with van der Waals surface area (Å²) < 4.78 is 0. The molecule has 0 spiro atoms. The molecule has 20 heavy (non-hydrogen) atoms. The molecule has 0 bridgehead atoms. The fraction of sp³-hybridized carbons (Fsp3) is 0.0667. The third-order valence-electron chi connectivity index (χ3n) is 3.04. The zero-order valence-corrected chi connectivity index (χ0v) is 12.1. The lowest BCUT2D eigenvalue weighted by Gasteiger charge is -2.07. The molecule has 0 aliphatic heterocycles. The van der Waals surface area contributed by atoms with Crippen molar-refractivity contribution >= 4 is 38.6 Å². The lowest BCUT2D eigenvalue weighted by Crippen LogP contribution is -2.12. The second-order valence-electron chi connectivity index (χ2n) is 4.36. The van der Waals surface area contributed by atoms with Gasteiger partial charge in [-0.2, -0.15) is 0 Å². The van der Waals surface area contributed by atoms with Gasteiger partial charge in [-0.25, -0.2) is 4.98 Å². The summed E-state index contributed by atoms with van der Waals surface area (Å²) in [5.74, 6) is -0.0660. The summed E-state index contributed by atoms with van der Waals surface area (Å²) in [7, 11) is 0. The zero-order chi connectivity index (χ0) is 13.9. The van der Waals surface area contributed by atoms with E-state index < -0.39 is 0 Å². The number of halogens is 1. The van der Waals surface area contributed by atoms with Crippen LogP contribution >= 0.6 is 15.9 Å². The molecule has 2 aromatic heterocycles. The first-order chi connectivity index (χ1) is 9.78. The van der Waals surface area contributed by atoms with Crippen LogP contribution in [0.15, 0.2) is 48.8 Å². The molecule has 0 radical (unpaired) electrons. The maximum Gasteiger partial charge on any atom is 0.235 e. The Morgan fingerprint density at radius 3 is 3.05 bits per heavy atom. The van der Waals surface area contributed by atoms with Crippen LogP contribution in [0.5, 0.6) is 0 Å². The molecule has 1 aromatic carbocycles. The molecule has 2 N–H and O–H groups in total. The van der Waals surface area contributed by atoms with Gasteiger partial charge in [0.15, 0.2) is 0 Å². The Kier molecular flexibility index (Phi) is 3.52. The van der Waals surface area contributed by atoms with Gasteiger partial charge < -0.3 is 10.3 Å². The standard InChI is InChI=1S/C15H12BrN3O/c16-9-14(20)19-11-3-1-2-10(8-11)12-4-6-17-15-13(12)5-7-18-15/h1-8H,9H2,(H,17,18)(H,19,20). The Labute approximate surface area is 124 Å². The lowest BCUT2D eigenvalue weighted by molar-refractivity contribution is -0.113. The van der Waals surface area contributed by atoms with Crippen molar-refractivity contribution in [2.75, 3.05) is 10.6 Å². The van der Waals surface area contributed by atoms with Crippen LogP contribution in [0.2, 0.25) is 0 Å². The molecule has 0 unspecified atom stereocenters. The van der Waals surface area contributed by atoms with Gasteiger partial charge in [-0.3, -0.25) is 4.79 Å². The number of aromatic nitrogens is 2. The number of fused-ring (bicyclic) bond motifs is 1. The third kappa shape index (κ3) is 2.44. The summed E-state index contributed by atoms with van der Waals surface area (Å²) >= 11 is 3.14. The van der Waals surface area contributed by atoms with E-state index in [1.165, 1.54) is 0 Å². The number of alkyl halides is 1. The number of pyridine rings is 1. The van der Waals surface area contributed by atoms with Crippen LogP contribution in [0.4, 0.5) is 5.69 Å². The van der Waals surface area contributed by atoms with E-state index in [0.717, 1.165) is 27.8 Å². The quantitative estimate of drug-likeness (QED) is 0.722. The largest absolute Gasteiger partial charge is 0.346 e. The van der Waals surface area contributed by atoms with Gasteiger partial charge in [0.1, 0.15) is 5.65 Å². The van der Waals surface area contributed by atoms with E-state index in [1.54, 1.807) is 6.20 Å². The van der Waals surface area contributed by atoms with Gasteiger partial charge in [-0.1, -0.05) is 28.1 Å².